The number of carbonyl (C=O) groups is 10. The molecule has 2 atom stereocenters. The highest BCUT2D eigenvalue weighted by Crippen LogP contribution is 2.37. The normalized spacial score (nSPS) is 15.1. The summed E-state index contributed by atoms with van der Waals surface area (Å²) in [7, 11) is -0.160. The van der Waals surface area contributed by atoms with Crippen LogP contribution in [0, 0.1) is 18.6 Å². The number of carbonyl (C=O) groups excluding carboxylic acids is 10. The van der Waals surface area contributed by atoms with Crippen molar-refractivity contribution in [3.8, 4) is 22.9 Å². The first-order valence-electron chi connectivity index (χ1n) is 39.9. The lowest BCUT2D eigenvalue weighted by molar-refractivity contribution is -0.138. The lowest BCUT2D eigenvalue weighted by atomic mass is 10.0. The topological polar surface area (TPSA) is 377 Å². The van der Waals surface area contributed by atoms with Crippen molar-refractivity contribution < 1.29 is 124 Å². The molecule has 2 saturated heterocycles. The number of likely N-dealkylation sites (N-methyl/N-ethyl adjacent to an activating group) is 2. The number of fused-ring (bicyclic) bond motifs is 4. The van der Waals surface area contributed by atoms with Gasteiger partial charge >= 0.3 is 12.4 Å². The van der Waals surface area contributed by atoms with Crippen molar-refractivity contribution in [2.24, 2.45) is 0 Å². The molecule has 0 aliphatic carbocycles. The zero-order valence-electron chi connectivity index (χ0n) is 68.7. The number of hydrogen-bond acceptors (Lipinski definition) is 23. The Bertz CT molecular complexity index is 6270. The van der Waals surface area contributed by atoms with Crippen molar-refractivity contribution in [3.63, 3.8) is 0 Å². The third-order valence-corrected chi connectivity index (χ3v) is 22.0. The largest absolute Gasteiger partial charge is 0.508 e. The fraction of sp³-hybridized carbons (Fsp3) is 0.258. The number of ether oxygens (including phenoxy) is 5. The Kier molecular flexibility index (Phi) is 28.8. The molecule has 4 aliphatic heterocycles. The Hall–Kier alpha value is -14.2. The number of nitrogens with one attached hydrogen (secondary N) is 4. The molecule has 11 aromatic rings. The van der Waals surface area contributed by atoms with Crippen molar-refractivity contribution in [1.82, 2.24) is 39.5 Å². The van der Waals surface area contributed by atoms with Gasteiger partial charge in [-0.05, 0) is 165 Å². The second-order valence-corrected chi connectivity index (χ2v) is 31.1. The standard InChI is InChI=1S/C41H36F4N6O8.C35H34F4N4O6S.C13H10N2O5/c1-49(14-15-57-16-17-58-18-19-59-29-9-10-30-31(23-29)39(56)51(38(30)55)34-12-13-35(52)47-37(34)54)27-6-3-7-28(22-27)50-33-11-8-26(42)21-32(33)46-40(50)48-36(53)24-4-2-5-25(20-24)41(43,44)45;1-24-9-12-30(13-10-24)50(45,46)49-20-19-48-18-17-47-16-15-42(2)28-7-4-8-29(23-28)43-32-14-11-27(36)22-31(32)40-34(43)41-33(44)25-5-3-6-26(21-25)35(37,38)39;16-6-1-2-7-8(5-6)13(20)15(12(7)19)9-3-4-10(17)14-11(9)18/h2-11,20-23,34H,12-19H2,1H3,(H,46,48,53)(H,47,52,54);3-14,21-23H,15-20H2,1-2H3,(H,40,41,44);1-2,5,9,16H,3-4H2,(H,14,17,18). The molecule has 6 heterocycles. The minimum absolute atomic E-state index is 0.00528. The lowest BCUT2D eigenvalue weighted by Gasteiger charge is -2.27. The maximum absolute atomic E-state index is 14.2. The summed E-state index contributed by atoms with van der Waals surface area (Å²) in [6.07, 6.45) is -8.99. The zero-order chi connectivity index (χ0) is 92.2. The number of aromatic hydroxyl groups is 1. The smallest absolute Gasteiger partial charge is 0.416 e. The molecule has 0 bridgehead atoms. The van der Waals surface area contributed by atoms with E-state index in [4.69, 9.17) is 27.9 Å². The monoisotopic (exact) mass is 1800 g/mol. The van der Waals surface area contributed by atoms with Gasteiger partial charge in [-0.1, -0.05) is 42.0 Å². The SMILES string of the molecule is CN(CCOCCOCCOc1ccc2c(c1)C(=O)N(C1CCC(=O)NC1=O)C2=O)c1cccc(-n2c(NC(=O)c3cccc(C(F)(F)F)c3)nc3cc(F)ccc32)c1.Cc1ccc(S(=O)(=O)OCCOCCOCCN(C)c2cccc(-n3c(NC(=O)c4cccc(C(F)(F)F)c4)nc4cc(F)ccc43)c2)cc1.O=C1CCC(N2C(=O)c3ccc(O)cc3C2=O)C(=O)N1. The molecule has 2 unspecified atom stereocenters. The quantitative estimate of drug-likeness (QED) is 0.0117. The average molecular weight is 1810 g/mol. The molecular weight excluding hydrogens is 1730 g/mol. The van der Waals surface area contributed by atoms with Gasteiger partial charge in [0.25, 0.3) is 45.6 Å². The number of anilines is 4. The van der Waals surface area contributed by atoms with Crippen LogP contribution in [0.3, 0.4) is 0 Å². The number of amides is 10. The number of rotatable bonds is 31. The Balaban J connectivity index is 0.000000183. The Morgan fingerprint density at radius 3 is 1.36 bits per heavy atom. The van der Waals surface area contributed by atoms with Crippen molar-refractivity contribution in [2.45, 2.75) is 61.9 Å². The van der Waals surface area contributed by atoms with Crippen LogP contribution in [0.1, 0.15) is 105 Å². The van der Waals surface area contributed by atoms with Crippen LogP contribution in [0.4, 0.5) is 58.4 Å². The van der Waals surface area contributed by atoms with E-state index >= 15 is 0 Å². The van der Waals surface area contributed by atoms with Crippen LogP contribution in [0.5, 0.6) is 11.5 Å². The first-order valence-corrected chi connectivity index (χ1v) is 41.3. The second-order valence-electron chi connectivity index (χ2n) is 29.5. The van der Waals surface area contributed by atoms with Gasteiger partial charge in [-0.25, -0.2) is 18.7 Å². The predicted molar refractivity (Wildman–Crippen MR) is 448 cm³/mol. The second kappa shape index (κ2) is 40.2. The molecule has 9 aromatic carbocycles. The molecule has 15 rings (SSSR count). The van der Waals surface area contributed by atoms with Crippen molar-refractivity contribution in [1.29, 1.82) is 0 Å². The zero-order valence-corrected chi connectivity index (χ0v) is 69.6. The summed E-state index contributed by atoms with van der Waals surface area (Å²) in [6.45, 7) is 4.84. The highest BCUT2D eigenvalue weighted by atomic mass is 32.2. The Morgan fingerprint density at radius 2 is 0.899 bits per heavy atom. The van der Waals surface area contributed by atoms with Gasteiger partial charge in [0, 0.05) is 74.7 Å². The van der Waals surface area contributed by atoms with Crippen molar-refractivity contribution in [3.05, 3.63) is 256 Å². The molecule has 0 saturated carbocycles. The Morgan fingerprint density at radius 1 is 0.481 bits per heavy atom. The van der Waals surface area contributed by atoms with Gasteiger partial charge in [0.2, 0.25) is 35.5 Å². The summed E-state index contributed by atoms with van der Waals surface area (Å²) in [5.74, 6) is -7.20. The number of phenolic OH excluding ortho intramolecular Hbond substituents is 1. The van der Waals surface area contributed by atoms with Crippen LogP contribution in [0.2, 0.25) is 0 Å². The number of imidazole rings is 2. The van der Waals surface area contributed by atoms with Gasteiger partial charge in [0.15, 0.2) is 0 Å². The van der Waals surface area contributed by atoms with E-state index in [9.17, 15) is 96.6 Å². The van der Waals surface area contributed by atoms with E-state index < -0.39 is 116 Å². The maximum Gasteiger partial charge on any atom is 0.416 e. The van der Waals surface area contributed by atoms with E-state index in [1.807, 2.05) is 55.1 Å². The highest BCUT2D eigenvalue weighted by molar-refractivity contribution is 7.86. The predicted octanol–water partition coefficient (Wildman–Crippen LogP) is 11.8. The summed E-state index contributed by atoms with van der Waals surface area (Å²) >= 11 is 0. The number of benzene rings is 9. The molecule has 10 amide bonds. The molecule has 31 nitrogen and oxygen atoms in total. The third-order valence-electron chi connectivity index (χ3n) is 20.6. The molecule has 0 spiro atoms. The maximum atomic E-state index is 14.2. The van der Waals surface area contributed by atoms with Crippen LogP contribution in [-0.4, -0.2) is 207 Å². The van der Waals surface area contributed by atoms with Gasteiger partial charge < -0.3 is 38.6 Å². The molecule has 129 heavy (non-hydrogen) atoms. The third kappa shape index (κ3) is 22.3. The van der Waals surface area contributed by atoms with Crippen LogP contribution < -0.4 is 35.8 Å². The summed E-state index contributed by atoms with van der Waals surface area (Å²) in [5, 5.41) is 18.8. The number of nitrogens with zero attached hydrogens (tertiary/aromatic N) is 8. The van der Waals surface area contributed by atoms with Crippen molar-refractivity contribution >= 4 is 115 Å². The average Bonchev–Trinajstić information content (AvgIpc) is 1.64. The number of phenols is 1. The number of aryl methyl sites for hydroxylation is 1. The van der Waals surface area contributed by atoms with Crippen LogP contribution in [-0.2, 0) is 64.8 Å². The van der Waals surface area contributed by atoms with E-state index in [1.54, 1.807) is 51.6 Å². The molecule has 672 valence electrons. The number of imide groups is 4. The van der Waals surface area contributed by atoms with E-state index in [2.05, 4.69) is 31.2 Å². The lowest BCUT2D eigenvalue weighted by Crippen LogP contribution is -2.54. The number of hydrogen-bond donors (Lipinski definition) is 5. The summed E-state index contributed by atoms with van der Waals surface area (Å²) < 4.78 is 169. The molecule has 5 N–H and O–H groups in total. The first kappa shape index (κ1) is 92.5. The molecule has 40 heteroatoms. The minimum Gasteiger partial charge on any atom is -0.508 e. The number of piperidine rings is 2. The van der Waals surface area contributed by atoms with Gasteiger partial charge in [-0.15, -0.1) is 0 Å². The van der Waals surface area contributed by atoms with Gasteiger partial charge in [0.1, 0.15) is 41.8 Å². The summed E-state index contributed by atoms with van der Waals surface area (Å²) in [4.78, 5) is 138. The van der Waals surface area contributed by atoms with Gasteiger partial charge in [-0.3, -0.25) is 92.3 Å². The van der Waals surface area contributed by atoms with E-state index in [0.29, 0.717) is 54.5 Å². The van der Waals surface area contributed by atoms with Crippen LogP contribution >= 0.6 is 0 Å². The molecule has 0 radical (unpaired) electrons. The Labute approximate surface area is 729 Å². The highest BCUT2D eigenvalue weighted by Gasteiger charge is 2.47. The van der Waals surface area contributed by atoms with E-state index in [0.717, 1.165) is 63.1 Å². The molecule has 2 fully saturated rings. The van der Waals surface area contributed by atoms with Crippen molar-refractivity contribution in [2.75, 3.05) is 114 Å². The van der Waals surface area contributed by atoms with Gasteiger partial charge in [-0.2, -0.15) is 34.8 Å². The fourth-order valence-corrected chi connectivity index (χ4v) is 14.9. The summed E-state index contributed by atoms with van der Waals surface area (Å²) in [6, 6.07) is 42.9. The number of alkyl halides is 6. The van der Waals surface area contributed by atoms with E-state index in [-0.39, 0.29) is 145 Å². The first-order chi connectivity index (χ1) is 61.6. The molecule has 4 aliphatic rings. The van der Waals surface area contributed by atoms with E-state index in [1.165, 1.54) is 91.0 Å². The minimum atomic E-state index is -4.64. The van der Waals surface area contributed by atoms with Crippen LogP contribution in [0.25, 0.3) is 33.4 Å². The summed E-state index contributed by atoms with van der Waals surface area (Å²) in [5.41, 5.74) is 3.05. The molecule has 2 aromatic heterocycles. The number of aromatic nitrogens is 4. The number of halogens is 8. The van der Waals surface area contributed by atoms with Gasteiger partial charge in [0.05, 0.1) is 131 Å². The fourth-order valence-electron chi connectivity index (χ4n) is 14.1. The molecular formula is C89H80F8N12O19S. The van der Waals surface area contributed by atoms with Crippen LogP contribution in [0.15, 0.2) is 199 Å².